The van der Waals surface area contributed by atoms with Crippen LogP contribution in [0.1, 0.15) is 38.8 Å². The fourth-order valence-electron chi connectivity index (χ4n) is 2.59. The molecule has 21 heavy (non-hydrogen) atoms. The molecule has 2 rings (SSSR count). The van der Waals surface area contributed by atoms with Crippen molar-refractivity contribution in [1.29, 1.82) is 0 Å². The van der Waals surface area contributed by atoms with Crippen molar-refractivity contribution >= 4 is 0 Å². The number of nitrogens with one attached hydrogen (secondary N) is 1. The van der Waals surface area contributed by atoms with E-state index < -0.39 is 0 Å². The van der Waals surface area contributed by atoms with Crippen molar-refractivity contribution in [3.8, 4) is 0 Å². The molecule has 0 spiro atoms. The van der Waals surface area contributed by atoms with E-state index >= 15 is 0 Å². The van der Waals surface area contributed by atoms with Gasteiger partial charge in [0.2, 0.25) is 0 Å². The first kappa shape index (κ1) is 16.4. The molecule has 3 nitrogen and oxygen atoms in total. The van der Waals surface area contributed by atoms with Crippen LogP contribution in [0.2, 0.25) is 0 Å². The predicted molar refractivity (Wildman–Crippen MR) is 83.7 cm³/mol. The van der Waals surface area contributed by atoms with Gasteiger partial charge in [-0.1, -0.05) is 26.0 Å². The molecule has 4 heteroatoms. The molecule has 0 aromatic heterocycles. The first-order valence-electron chi connectivity index (χ1n) is 7.82. The SMILES string of the molecule is CC(C)NCc1ccc(F)c(CN2CC(C)OCC2C)c1. The Bertz CT molecular complexity index is 464. The Balaban J connectivity index is 2.05. The number of nitrogens with zero attached hydrogens (tertiary/aromatic N) is 1. The first-order valence-corrected chi connectivity index (χ1v) is 7.82. The van der Waals surface area contributed by atoms with Crippen LogP contribution in [-0.4, -0.2) is 36.2 Å². The van der Waals surface area contributed by atoms with Crippen molar-refractivity contribution in [1.82, 2.24) is 10.2 Å². The minimum atomic E-state index is -0.116. The van der Waals surface area contributed by atoms with Crippen molar-refractivity contribution < 1.29 is 9.13 Å². The third-order valence-electron chi connectivity index (χ3n) is 3.93. The van der Waals surface area contributed by atoms with Gasteiger partial charge < -0.3 is 10.1 Å². The summed E-state index contributed by atoms with van der Waals surface area (Å²) in [4.78, 5) is 2.30. The smallest absolute Gasteiger partial charge is 0.127 e. The third kappa shape index (κ3) is 4.77. The van der Waals surface area contributed by atoms with Gasteiger partial charge in [-0.05, 0) is 25.5 Å². The first-order chi connectivity index (χ1) is 9.95. The zero-order valence-corrected chi connectivity index (χ0v) is 13.5. The van der Waals surface area contributed by atoms with E-state index in [1.165, 1.54) is 0 Å². The minimum absolute atomic E-state index is 0.116. The van der Waals surface area contributed by atoms with Crippen LogP contribution in [0.5, 0.6) is 0 Å². The van der Waals surface area contributed by atoms with Crippen molar-refractivity contribution in [3.63, 3.8) is 0 Å². The summed E-state index contributed by atoms with van der Waals surface area (Å²) in [6.45, 7) is 11.4. The van der Waals surface area contributed by atoms with E-state index in [1.807, 2.05) is 12.1 Å². The van der Waals surface area contributed by atoms with Gasteiger partial charge in [-0.15, -0.1) is 0 Å². The molecule has 1 aromatic carbocycles. The highest BCUT2D eigenvalue weighted by atomic mass is 19.1. The molecule has 2 atom stereocenters. The number of rotatable bonds is 5. The Morgan fingerprint density at radius 2 is 2.14 bits per heavy atom. The normalized spacial score (nSPS) is 23.7. The van der Waals surface area contributed by atoms with Crippen LogP contribution in [0.3, 0.4) is 0 Å². The lowest BCUT2D eigenvalue weighted by Crippen LogP contribution is -2.46. The van der Waals surface area contributed by atoms with E-state index in [2.05, 4.69) is 37.9 Å². The average molecular weight is 294 g/mol. The Labute approximate surface area is 127 Å². The zero-order chi connectivity index (χ0) is 15.4. The van der Waals surface area contributed by atoms with Gasteiger partial charge >= 0.3 is 0 Å². The summed E-state index contributed by atoms with van der Waals surface area (Å²) in [6, 6.07) is 6.19. The average Bonchev–Trinajstić information content (AvgIpc) is 2.43. The molecule has 0 bridgehead atoms. The molecule has 0 amide bonds. The van der Waals surface area contributed by atoms with Gasteiger partial charge in [0.25, 0.3) is 0 Å². The molecule has 2 unspecified atom stereocenters. The van der Waals surface area contributed by atoms with E-state index in [1.54, 1.807) is 6.07 Å². The fraction of sp³-hybridized carbons (Fsp3) is 0.647. The molecule has 1 aromatic rings. The van der Waals surface area contributed by atoms with Crippen LogP contribution in [-0.2, 0) is 17.8 Å². The standard InChI is InChI=1S/C17H27FN2O/c1-12(2)19-8-15-5-6-17(18)16(7-15)10-20-9-14(4)21-11-13(20)3/h5-7,12-14,19H,8-11H2,1-4H3. The molecule has 1 heterocycles. The summed E-state index contributed by atoms with van der Waals surface area (Å²) in [5.41, 5.74) is 1.91. The lowest BCUT2D eigenvalue weighted by molar-refractivity contribution is -0.0529. The van der Waals surface area contributed by atoms with E-state index in [9.17, 15) is 4.39 Å². The quantitative estimate of drug-likeness (QED) is 0.903. The molecular weight excluding hydrogens is 267 g/mol. The summed E-state index contributed by atoms with van der Waals surface area (Å²) in [5, 5.41) is 3.37. The topological polar surface area (TPSA) is 24.5 Å². The minimum Gasteiger partial charge on any atom is -0.376 e. The van der Waals surface area contributed by atoms with Crippen LogP contribution in [0.25, 0.3) is 0 Å². The van der Waals surface area contributed by atoms with Crippen molar-refractivity contribution in [2.75, 3.05) is 13.2 Å². The van der Waals surface area contributed by atoms with Gasteiger partial charge in [0, 0.05) is 37.3 Å². The number of morpholine rings is 1. The molecule has 1 aliphatic heterocycles. The predicted octanol–water partition coefficient (Wildman–Crippen LogP) is 2.93. The highest BCUT2D eigenvalue weighted by Crippen LogP contribution is 2.18. The number of halogens is 1. The number of benzene rings is 1. The van der Waals surface area contributed by atoms with Crippen molar-refractivity contribution in [2.45, 2.75) is 59.0 Å². The van der Waals surface area contributed by atoms with Crippen molar-refractivity contribution in [2.24, 2.45) is 0 Å². The second-order valence-corrected chi connectivity index (χ2v) is 6.38. The molecule has 0 radical (unpaired) electrons. The van der Waals surface area contributed by atoms with Crippen LogP contribution >= 0.6 is 0 Å². The maximum Gasteiger partial charge on any atom is 0.127 e. The van der Waals surface area contributed by atoms with E-state index in [0.29, 0.717) is 18.6 Å². The highest BCUT2D eigenvalue weighted by Gasteiger charge is 2.24. The molecule has 118 valence electrons. The van der Waals surface area contributed by atoms with Crippen LogP contribution in [0.4, 0.5) is 4.39 Å². The molecular formula is C17H27FN2O. The van der Waals surface area contributed by atoms with Crippen LogP contribution in [0.15, 0.2) is 18.2 Å². The number of hydrogen-bond acceptors (Lipinski definition) is 3. The largest absolute Gasteiger partial charge is 0.376 e. The van der Waals surface area contributed by atoms with Gasteiger partial charge in [-0.25, -0.2) is 4.39 Å². The van der Waals surface area contributed by atoms with Crippen molar-refractivity contribution in [3.05, 3.63) is 35.1 Å². The Morgan fingerprint density at radius 1 is 1.38 bits per heavy atom. The summed E-state index contributed by atoms with van der Waals surface area (Å²) >= 11 is 0. The zero-order valence-electron chi connectivity index (χ0n) is 13.5. The Kier molecular flexibility index (Phi) is 5.73. The fourth-order valence-corrected chi connectivity index (χ4v) is 2.59. The molecule has 0 aliphatic carbocycles. The Hall–Kier alpha value is -0.970. The van der Waals surface area contributed by atoms with Gasteiger partial charge in [0.15, 0.2) is 0 Å². The molecule has 0 saturated carbocycles. The maximum atomic E-state index is 14.1. The summed E-state index contributed by atoms with van der Waals surface area (Å²) < 4.78 is 19.7. The van der Waals surface area contributed by atoms with Gasteiger partial charge in [0.1, 0.15) is 5.82 Å². The molecule has 1 aliphatic rings. The van der Waals surface area contributed by atoms with E-state index in [-0.39, 0.29) is 11.9 Å². The molecule has 1 saturated heterocycles. The van der Waals surface area contributed by atoms with Gasteiger partial charge in [0.05, 0.1) is 12.7 Å². The van der Waals surface area contributed by atoms with Crippen LogP contribution < -0.4 is 5.32 Å². The second-order valence-electron chi connectivity index (χ2n) is 6.38. The summed E-state index contributed by atoms with van der Waals surface area (Å²) in [5.74, 6) is -0.116. The molecule has 1 N–H and O–H groups in total. The number of hydrogen-bond donors (Lipinski definition) is 1. The summed E-state index contributed by atoms with van der Waals surface area (Å²) in [6.07, 6.45) is 0.218. The lowest BCUT2D eigenvalue weighted by atomic mass is 10.1. The number of ether oxygens (including phenoxy) is 1. The third-order valence-corrected chi connectivity index (χ3v) is 3.93. The van der Waals surface area contributed by atoms with E-state index in [4.69, 9.17) is 4.74 Å². The van der Waals surface area contributed by atoms with Gasteiger partial charge in [-0.2, -0.15) is 0 Å². The monoisotopic (exact) mass is 294 g/mol. The second kappa shape index (κ2) is 7.34. The van der Waals surface area contributed by atoms with Gasteiger partial charge in [-0.3, -0.25) is 4.90 Å². The Morgan fingerprint density at radius 3 is 2.86 bits per heavy atom. The lowest BCUT2D eigenvalue weighted by Gasteiger charge is -2.36. The summed E-state index contributed by atoms with van der Waals surface area (Å²) in [7, 11) is 0. The highest BCUT2D eigenvalue weighted by molar-refractivity contribution is 5.25. The maximum absolute atomic E-state index is 14.1. The van der Waals surface area contributed by atoms with Crippen LogP contribution in [0, 0.1) is 5.82 Å². The molecule has 1 fully saturated rings. The van der Waals surface area contributed by atoms with E-state index in [0.717, 1.165) is 30.8 Å².